The number of benzene rings is 1. The van der Waals surface area contributed by atoms with Gasteiger partial charge in [-0.25, -0.2) is 9.59 Å². The summed E-state index contributed by atoms with van der Waals surface area (Å²) in [7, 11) is 0. The minimum Gasteiger partial charge on any atom is -1.00 e. The van der Waals surface area contributed by atoms with Crippen molar-refractivity contribution in [3.8, 4) is 0 Å². The zero-order chi connectivity index (χ0) is 17.1. The molecule has 0 aliphatic carbocycles. The standard InChI is InChI=1S/C13H13ClN2O6.Na.H/c1-6(17)16-13(11(19)20,12(21)22)5-10(18)8-4-7(14)2-3-9(8)15;;/h2-4H,5,15H2,1H3,(H,16,17)(H,19,20)(H,21,22);;/q;+1;-1. The number of aliphatic carboxylic acids is 2. The number of rotatable bonds is 6. The van der Waals surface area contributed by atoms with E-state index in [0.717, 1.165) is 6.92 Å². The number of nitrogen functional groups attached to an aromatic ring is 1. The smallest absolute Gasteiger partial charge is 1.00 e. The van der Waals surface area contributed by atoms with Gasteiger partial charge in [-0.05, 0) is 18.2 Å². The van der Waals surface area contributed by atoms with Crippen LogP contribution in [0.25, 0.3) is 0 Å². The van der Waals surface area contributed by atoms with E-state index in [-0.39, 0.29) is 47.3 Å². The molecule has 120 valence electrons. The van der Waals surface area contributed by atoms with Crippen LogP contribution in [0.5, 0.6) is 0 Å². The Morgan fingerprint density at radius 3 is 2.22 bits per heavy atom. The Bertz CT molecular complexity index is 656. The molecule has 1 aromatic rings. The van der Waals surface area contributed by atoms with Gasteiger partial charge in [0.15, 0.2) is 5.78 Å². The third-order valence-electron chi connectivity index (χ3n) is 2.86. The van der Waals surface area contributed by atoms with Gasteiger partial charge in [-0.3, -0.25) is 9.59 Å². The number of anilines is 1. The zero-order valence-electron chi connectivity index (χ0n) is 13.4. The maximum Gasteiger partial charge on any atom is 1.00 e. The van der Waals surface area contributed by atoms with Gasteiger partial charge in [-0.1, -0.05) is 11.6 Å². The topological polar surface area (TPSA) is 147 Å². The predicted molar refractivity (Wildman–Crippen MR) is 77.7 cm³/mol. The molecule has 0 radical (unpaired) electrons. The van der Waals surface area contributed by atoms with Crippen LogP contribution in [0.2, 0.25) is 5.02 Å². The summed E-state index contributed by atoms with van der Waals surface area (Å²) >= 11 is 5.73. The van der Waals surface area contributed by atoms with Crippen molar-refractivity contribution in [1.29, 1.82) is 0 Å². The van der Waals surface area contributed by atoms with Gasteiger partial charge in [0.05, 0.1) is 6.42 Å². The van der Waals surface area contributed by atoms with Crippen LogP contribution in [0, 0.1) is 0 Å². The second-order valence-electron chi connectivity index (χ2n) is 4.53. The number of amides is 1. The maximum atomic E-state index is 12.2. The molecule has 1 aromatic carbocycles. The van der Waals surface area contributed by atoms with Gasteiger partial charge in [0.1, 0.15) is 0 Å². The molecule has 0 unspecified atom stereocenters. The predicted octanol–water partition coefficient (Wildman–Crippen LogP) is -2.34. The summed E-state index contributed by atoms with van der Waals surface area (Å²) in [5.74, 6) is -5.52. The molecule has 0 saturated carbocycles. The first-order chi connectivity index (χ1) is 10.1. The van der Waals surface area contributed by atoms with E-state index >= 15 is 0 Å². The fourth-order valence-electron chi connectivity index (χ4n) is 1.80. The van der Waals surface area contributed by atoms with Crippen molar-refractivity contribution in [2.45, 2.75) is 18.9 Å². The van der Waals surface area contributed by atoms with Crippen molar-refractivity contribution < 1.29 is 60.4 Å². The normalized spacial score (nSPS) is 10.3. The van der Waals surface area contributed by atoms with E-state index in [1.54, 1.807) is 5.32 Å². The average molecular weight is 353 g/mol. The van der Waals surface area contributed by atoms with Crippen molar-refractivity contribution in [2.24, 2.45) is 0 Å². The first-order valence-electron chi connectivity index (χ1n) is 5.94. The molecule has 0 aliphatic heterocycles. The van der Waals surface area contributed by atoms with Crippen molar-refractivity contribution >= 4 is 40.9 Å². The van der Waals surface area contributed by atoms with E-state index in [9.17, 15) is 19.2 Å². The SMILES string of the molecule is CC(=O)NC(CC(=O)c1cc(Cl)ccc1N)(C(=O)O)C(=O)O.[H-].[Na+]. The second-order valence-corrected chi connectivity index (χ2v) is 4.96. The summed E-state index contributed by atoms with van der Waals surface area (Å²) in [6.07, 6.45) is -1.01. The van der Waals surface area contributed by atoms with Gasteiger partial charge in [-0.15, -0.1) is 0 Å². The van der Waals surface area contributed by atoms with Gasteiger partial charge in [0.2, 0.25) is 11.4 Å². The number of nitrogens with one attached hydrogen (secondary N) is 1. The van der Waals surface area contributed by atoms with Crippen LogP contribution < -0.4 is 40.6 Å². The Morgan fingerprint density at radius 2 is 1.78 bits per heavy atom. The van der Waals surface area contributed by atoms with E-state index in [4.69, 9.17) is 27.5 Å². The Kier molecular flexibility index (Phi) is 7.72. The molecule has 0 aliphatic rings. The summed E-state index contributed by atoms with van der Waals surface area (Å²) in [4.78, 5) is 45.9. The average Bonchev–Trinajstić information content (AvgIpc) is 2.39. The zero-order valence-corrected chi connectivity index (χ0v) is 15.2. The molecular formula is C13H14ClN2NaO6. The van der Waals surface area contributed by atoms with E-state index in [1.807, 2.05) is 0 Å². The van der Waals surface area contributed by atoms with Gasteiger partial charge >= 0.3 is 41.5 Å². The fraction of sp³-hybridized carbons (Fsp3) is 0.231. The van der Waals surface area contributed by atoms with E-state index in [1.165, 1.54) is 18.2 Å². The maximum absolute atomic E-state index is 12.2. The number of carboxylic acids is 2. The summed E-state index contributed by atoms with van der Waals surface area (Å²) in [5, 5.41) is 20.3. The number of hydrogen-bond donors (Lipinski definition) is 4. The van der Waals surface area contributed by atoms with Crippen LogP contribution in [0.15, 0.2) is 18.2 Å². The molecule has 8 nitrogen and oxygen atoms in total. The van der Waals surface area contributed by atoms with Gasteiger partial charge in [-0.2, -0.15) is 0 Å². The van der Waals surface area contributed by atoms with Crippen LogP contribution in [-0.2, 0) is 14.4 Å². The molecule has 0 saturated heterocycles. The number of carbonyl (C=O) groups excluding carboxylic acids is 2. The molecule has 0 heterocycles. The molecule has 10 heteroatoms. The molecule has 0 aromatic heterocycles. The molecule has 1 rings (SSSR count). The van der Waals surface area contributed by atoms with Crippen LogP contribution >= 0.6 is 11.6 Å². The summed E-state index contributed by atoms with van der Waals surface area (Å²) in [6, 6.07) is 3.95. The van der Waals surface area contributed by atoms with E-state index in [0.29, 0.717) is 0 Å². The monoisotopic (exact) mass is 352 g/mol. The van der Waals surface area contributed by atoms with Gasteiger partial charge in [0.25, 0.3) is 0 Å². The molecule has 0 fully saturated rings. The van der Waals surface area contributed by atoms with Gasteiger partial charge in [0, 0.05) is 23.2 Å². The molecular weight excluding hydrogens is 339 g/mol. The van der Waals surface area contributed by atoms with Crippen LogP contribution in [-0.4, -0.2) is 39.4 Å². The minimum absolute atomic E-state index is 0. The van der Waals surface area contributed by atoms with Crippen molar-refractivity contribution in [2.75, 3.05) is 5.73 Å². The number of hydrogen-bond acceptors (Lipinski definition) is 5. The quantitative estimate of drug-likeness (QED) is 0.194. The number of nitrogens with two attached hydrogens (primary N) is 1. The third-order valence-corrected chi connectivity index (χ3v) is 3.10. The number of carbonyl (C=O) groups is 4. The van der Waals surface area contributed by atoms with Crippen LogP contribution in [0.1, 0.15) is 25.1 Å². The Morgan fingerprint density at radius 1 is 1.26 bits per heavy atom. The van der Waals surface area contributed by atoms with Crippen molar-refractivity contribution in [3.63, 3.8) is 0 Å². The first-order valence-corrected chi connectivity index (χ1v) is 6.31. The molecule has 0 bridgehead atoms. The van der Waals surface area contributed by atoms with Crippen molar-refractivity contribution in [1.82, 2.24) is 5.32 Å². The number of carboxylic acid groups (broad SMARTS) is 2. The minimum atomic E-state index is -2.78. The Hall–Kier alpha value is -1.61. The van der Waals surface area contributed by atoms with Crippen molar-refractivity contribution in [3.05, 3.63) is 28.8 Å². The summed E-state index contributed by atoms with van der Waals surface area (Å²) in [6.45, 7) is 0.943. The number of Topliss-reactive ketones (excluding diaryl/α,β-unsaturated/α-hetero) is 1. The Labute approximate surface area is 159 Å². The molecule has 1 amide bonds. The van der Waals surface area contributed by atoms with E-state index in [2.05, 4.69) is 0 Å². The summed E-state index contributed by atoms with van der Waals surface area (Å²) < 4.78 is 0. The number of halogens is 1. The molecule has 0 atom stereocenters. The van der Waals surface area contributed by atoms with Crippen LogP contribution in [0.3, 0.4) is 0 Å². The second kappa shape index (κ2) is 8.30. The first kappa shape index (κ1) is 21.4. The van der Waals surface area contributed by atoms with E-state index < -0.39 is 35.6 Å². The molecule has 0 spiro atoms. The fourth-order valence-corrected chi connectivity index (χ4v) is 1.97. The molecule has 23 heavy (non-hydrogen) atoms. The van der Waals surface area contributed by atoms with Crippen LogP contribution in [0.4, 0.5) is 5.69 Å². The summed E-state index contributed by atoms with van der Waals surface area (Å²) in [5.41, 5.74) is 2.72. The molecule has 5 N–H and O–H groups in total. The number of ketones is 1. The van der Waals surface area contributed by atoms with Gasteiger partial charge < -0.3 is 22.7 Å². The Balaban J connectivity index is 0. The largest absolute Gasteiger partial charge is 1.00 e. The third kappa shape index (κ3) is 4.93.